The van der Waals surface area contributed by atoms with E-state index in [0.717, 1.165) is 48.6 Å². The van der Waals surface area contributed by atoms with E-state index in [2.05, 4.69) is 32.3 Å². The number of nitrogens with zero attached hydrogens (tertiary/aromatic N) is 5. The molecule has 0 amide bonds. The lowest BCUT2D eigenvalue weighted by Gasteiger charge is -2.33. The van der Waals surface area contributed by atoms with Gasteiger partial charge in [-0.25, -0.2) is 15.0 Å². The number of pyridine rings is 1. The smallest absolute Gasteiger partial charge is 0.227 e. The number of rotatable bonds is 6. The lowest BCUT2D eigenvalue weighted by Crippen LogP contribution is -2.36. The zero-order valence-electron chi connectivity index (χ0n) is 18.5. The number of hydrogen-bond donors (Lipinski definition) is 1. The van der Waals surface area contributed by atoms with Crippen LogP contribution in [0.4, 0.5) is 17.3 Å². The highest BCUT2D eigenvalue weighted by atomic mass is 35.5. The summed E-state index contributed by atoms with van der Waals surface area (Å²) in [5, 5.41) is 3.77. The number of piperidine rings is 1. The molecule has 1 saturated heterocycles. The molecule has 0 aliphatic carbocycles. The first-order valence-electron chi connectivity index (χ1n) is 10.8. The van der Waals surface area contributed by atoms with Crippen molar-refractivity contribution in [3.8, 4) is 17.1 Å². The molecule has 0 saturated carbocycles. The molecule has 3 aromatic heterocycles. The third kappa shape index (κ3) is 4.31. The van der Waals surface area contributed by atoms with Crippen molar-refractivity contribution >= 4 is 34.6 Å². The van der Waals surface area contributed by atoms with Gasteiger partial charge in [0, 0.05) is 32.1 Å². The Balaban J connectivity index is 1.45. The summed E-state index contributed by atoms with van der Waals surface area (Å²) in [6, 6.07) is 11.9. The van der Waals surface area contributed by atoms with Gasteiger partial charge >= 0.3 is 0 Å². The summed E-state index contributed by atoms with van der Waals surface area (Å²) in [4.78, 5) is 15.9. The van der Waals surface area contributed by atoms with Gasteiger partial charge in [-0.1, -0.05) is 17.7 Å². The first-order chi connectivity index (χ1) is 16.2. The van der Waals surface area contributed by atoms with E-state index in [9.17, 15) is 0 Å². The fraction of sp³-hybridized carbons (Fsp3) is 0.292. The van der Waals surface area contributed by atoms with E-state index in [1.165, 1.54) is 0 Å². The zero-order valence-corrected chi connectivity index (χ0v) is 19.3. The quantitative estimate of drug-likeness (QED) is 0.438. The molecule has 0 bridgehead atoms. The van der Waals surface area contributed by atoms with Crippen LogP contribution in [0.5, 0.6) is 5.75 Å². The number of ether oxygens (including phenoxy) is 2. The van der Waals surface area contributed by atoms with Gasteiger partial charge in [0.1, 0.15) is 17.1 Å². The minimum Gasteiger partial charge on any atom is -0.495 e. The molecular weight excluding hydrogens is 440 g/mol. The number of nitrogens with one attached hydrogen (secondary N) is 1. The van der Waals surface area contributed by atoms with Gasteiger partial charge in [-0.15, -0.1) is 0 Å². The molecule has 170 valence electrons. The van der Waals surface area contributed by atoms with Crippen LogP contribution >= 0.6 is 11.6 Å². The molecule has 4 aromatic rings. The zero-order chi connectivity index (χ0) is 22.8. The fourth-order valence-electron chi connectivity index (χ4n) is 4.18. The van der Waals surface area contributed by atoms with Gasteiger partial charge in [0.25, 0.3) is 0 Å². The summed E-state index contributed by atoms with van der Waals surface area (Å²) in [7, 11) is 3.43. The summed E-state index contributed by atoms with van der Waals surface area (Å²) in [6.07, 6.45) is 7.64. The number of fused-ring (bicyclic) bond motifs is 1. The summed E-state index contributed by atoms with van der Waals surface area (Å²) in [5.74, 6) is 1.13. The van der Waals surface area contributed by atoms with E-state index in [-0.39, 0.29) is 0 Å². The van der Waals surface area contributed by atoms with Crippen LogP contribution in [-0.2, 0) is 4.74 Å². The number of imidazole rings is 1. The van der Waals surface area contributed by atoms with E-state index in [4.69, 9.17) is 26.1 Å². The Morgan fingerprint density at radius 1 is 1.06 bits per heavy atom. The van der Waals surface area contributed by atoms with E-state index in [1.54, 1.807) is 26.6 Å². The van der Waals surface area contributed by atoms with Crippen LogP contribution in [0.3, 0.4) is 0 Å². The molecule has 4 heterocycles. The number of halogens is 1. The summed E-state index contributed by atoms with van der Waals surface area (Å²) >= 11 is 6.46. The van der Waals surface area contributed by atoms with Crippen molar-refractivity contribution in [3.63, 3.8) is 0 Å². The van der Waals surface area contributed by atoms with Crippen molar-refractivity contribution in [1.29, 1.82) is 0 Å². The molecule has 1 fully saturated rings. The average molecular weight is 465 g/mol. The number of methoxy groups -OCH3 is 2. The predicted molar refractivity (Wildman–Crippen MR) is 130 cm³/mol. The molecule has 0 unspecified atom stereocenters. The van der Waals surface area contributed by atoms with Crippen molar-refractivity contribution in [3.05, 3.63) is 60.0 Å². The largest absolute Gasteiger partial charge is 0.495 e. The third-order valence-electron chi connectivity index (χ3n) is 5.97. The fourth-order valence-corrected chi connectivity index (χ4v) is 4.36. The molecule has 1 aromatic carbocycles. The Morgan fingerprint density at radius 3 is 2.70 bits per heavy atom. The monoisotopic (exact) mass is 464 g/mol. The van der Waals surface area contributed by atoms with E-state index in [1.807, 2.05) is 34.9 Å². The Morgan fingerprint density at radius 2 is 1.91 bits per heavy atom. The summed E-state index contributed by atoms with van der Waals surface area (Å²) < 4.78 is 13.0. The standard InChI is InChI=1S/C24H25ClN6O2/c1-32-17-8-11-30(12-9-17)16-6-7-21(33-2)19(13-16)28-24-27-14-18(25)23(29-24)20-15-26-22-5-3-4-10-31(20)22/h3-7,10,13-15,17H,8-9,11-12H2,1-2H3,(H,27,28,29). The Labute approximate surface area is 197 Å². The normalized spacial score (nSPS) is 14.6. The first-order valence-corrected chi connectivity index (χ1v) is 11.2. The molecule has 33 heavy (non-hydrogen) atoms. The molecule has 0 spiro atoms. The van der Waals surface area contributed by atoms with Crippen LogP contribution in [-0.4, -0.2) is 52.8 Å². The molecule has 1 N–H and O–H groups in total. The number of hydrogen-bond acceptors (Lipinski definition) is 7. The lowest BCUT2D eigenvalue weighted by molar-refractivity contribution is 0.0819. The van der Waals surface area contributed by atoms with Gasteiger partial charge in [0.05, 0.1) is 42.0 Å². The topological polar surface area (TPSA) is 76.8 Å². The first kappa shape index (κ1) is 21.5. The van der Waals surface area contributed by atoms with E-state index >= 15 is 0 Å². The maximum Gasteiger partial charge on any atom is 0.227 e. The van der Waals surface area contributed by atoms with E-state index in [0.29, 0.717) is 28.5 Å². The van der Waals surface area contributed by atoms with Crippen molar-refractivity contribution in [2.24, 2.45) is 0 Å². The average Bonchev–Trinajstić information content (AvgIpc) is 3.29. The molecule has 0 atom stereocenters. The highest BCUT2D eigenvalue weighted by molar-refractivity contribution is 6.32. The minimum absolute atomic E-state index is 0.331. The van der Waals surface area contributed by atoms with Crippen molar-refractivity contribution in [1.82, 2.24) is 19.4 Å². The minimum atomic E-state index is 0.331. The predicted octanol–water partition coefficient (Wildman–Crippen LogP) is 4.81. The highest BCUT2D eigenvalue weighted by Gasteiger charge is 2.20. The van der Waals surface area contributed by atoms with Crippen LogP contribution in [0.25, 0.3) is 17.0 Å². The Hall–Kier alpha value is -3.36. The Kier molecular flexibility index (Phi) is 6.02. The van der Waals surface area contributed by atoms with Crippen molar-refractivity contribution in [2.45, 2.75) is 18.9 Å². The van der Waals surface area contributed by atoms with Crippen molar-refractivity contribution in [2.75, 3.05) is 37.5 Å². The van der Waals surface area contributed by atoms with Gasteiger partial charge in [0.2, 0.25) is 5.95 Å². The lowest BCUT2D eigenvalue weighted by atomic mass is 10.1. The molecule has 8 nitrogen and oxygen atoms in total. The molecule has 1 aliphatic rings. The second-order valence-corrected chi connectivity index (χ2v) is 8.30. The van der Waals surface area contributed by atoms with Crippen LogP contribution in [0.2, 0.25) is 5.02 Å². The van der Waals surface area contributed by atoms with Gasteiger partial charge < -0.3 is 19.7 Å². The van der Waals surface area contributed by atoms with Crippen LogP contribution in [0.1, 0.15) is 12.8 Å². The second kappa shape index (κ2) is 9.25. The molecule has 0 radical (unpaired) electrons. The SMILES string of the molecule is COc1ccc(N2CCC(OC)CC2)cc1Nc1ncc(Cl)c(-c2cnc3ccccn23)n1. The molecule has 9 heteroatoms. The maximum absolute atomic E-state index is 6.46. The maximum atomic E-state index is 6.46. The van der Waals surface area contributed by atoms with Gasteiger partial charge in [0.15, 0.2) is 0 Å². The number of benzene rings is 1. The van der Waals surface area contributed by atoms with Crippen LogP contribution in [0, 0.1) is 0 Å². The summed E-state index contributed by atoms with van der Waals surface area (Å²) in [5.41, 5.74) is 4.12. The molecule has 1 aliphatic heterocycles. The van der Waals surface area contributed by atoms with Crippen LogP contribution in [0.15, 0.2) is 55.0 Å². The molecule has 5 rings (SSSR count). The van der Waals surface area contributed by atoms with Gasteiger partial charge in [-0.05, 0) is 43.2 Å². The second-order valence-electron chi connectivity index (χ2n) is 7.89. The van der Waals surface area contributed by atoms with Crippen molar-refractivity contribution < 1.29 is 9.47 Å². The molecular formula is C24H25ClN6O2. The number of aromatic nitrogens is 4. The van der Waals surface area contributed by atoms with E-state index < -0.39 is 0 Å². The third-order valence-corrected chi connectivity index (χ3v) is 6.25. The highest BCUT2D eigenvalue weighted by Crippen LogP contribution is 2.34. The van der Waals surface area contributed by atoms with Gasteiger partial charge in [-0.3, -0.25) is 4.40 Å². The summed E-state index contributed by atoms with van der Waals surface area (Å²) in [6.45, 7) is 1.89. The Bertz CT molecular complexity index is 1270. The van der Waals surface area contributed by atoms with Crippen LogP contribution < -0.4 is 15.0 Å². The number of anilines is 3. The van der Waals surface area contributed by atoms with Gasteiger partial charge in [-0.2, -0.15) is 0 Å².